The Bertz CT molecular complexity index is 479. The number of ether oxygens (including phenoxy) is 1. The first-order valence-corrected chi connectivity index (χ1v) is 8.24. The number of hydrogen-bond donors (Lipinski definition) is 2. The van der Waals surface area contributed by atoms with Crippen LogP contribution in [0.4, 0.5) is 15.8 Å². The Morgan fingerprint density at radius 1 is 1.43 bits per heavy atom. The van der Waals surface area contributed by atoms with Gasteiger partial charge in [0.2, 0.25) is 5.91 Å². The van der Waals surface area contributed by atoms with Crippen molar-refractivity contribution in [3.05, 3.63) is 24.0 Å². The van der Waals surface area contributed by atoms with Crippen molar-refractivity contribution in [3.8, 4) is 0 Å². The third-order valence-electron chi connectivity index (χ3n) is 3.33. The molecule has 3 N–H and O–H groups in total. The maximum Gasteiger partial charge on any atom is 0.224 e. The molecule has 1 saturated heterocycles. The molecule has 0 atom stereocenters. The minimum atomic E-state index is -0.464. The second-order valence-electron chi connectivity index (χ2n) is 5.07. The molecule has 1 fully saturated rings. The maximum atomic E-state index is 13.5. The van der Waals surface area contributed by atoms with Gasteiger partial charge in [-0.2, -0.15) is 11.8 Å². The van der Waals surface area contributed by atoms with E-state index in [1.807, 2.05) is 11.8 Å². The van der Waals surface area contributed by atoms with Gasteiger partial charge in [-0.05, 0) is 43.2 Å². The monoisotopic (exact) mass is 312 g/mol. The molecule has 1 heterocycles. The summed E-state index contributed by atoms with van der Waals surface area (Å²) < 4.78 is 18.8. The number of anilines is 2. The molecule has 21 heavy (non-hydrogen) atoms. The Morgan fingerprint density at radius 2 is 2.19 bits per heavy atom. The van der Waals surface area contributed by atoms with Gasteiger partial charge in [0, 0.05) is 30.6 Å². The SMILES string of the molecule is Nc1ccc(F)c(NC(=O)CCCSC2CCOCC2)c1. The van der Waals surface area contributed by atoms with E-state index in [1.54, 1.807) is 0 Å². The molecule has 6 heteroatoms. The van der Waals surface area contributed by atoms with Crippen molar-refractivity contribution in [1.29, 1.82) is 0 Å². The molecule has 0 unspecified atom stereocenters. The van der Waals surface area contributed by atoms with Crippen LogP contribution in [0.5, 0.6) is 0 Å². The van der Waals surface area contributed by atoms with E-state index in [1.165, 1.54) is 18.2 Å². The Labute approximate surface area is 128 Å². The molecule has 0 spiro atoms. The number of halogens is 1. The summed E-state index contributed by atoms with van der Waals surface area (Å²) in [7, 11) is 0. The molecule has 1 aromatic rings. The first kappa shape index (κ1) is 16.1. The average Bonchev–Trinajstić information content (AvgIpc) is 2.48. The Kier molecular flexibility index (Phi) is 6.32. The number of hydrogen-bond acceptors (Lipinski definition) is 4. The maximum absolute atomic E-state index is 13.5. The molecule has 4 nitrogen and oxygen atoms in total. The lowest BCUT2D eigenvalue weighted by atomic mass is 10.2. The lowest BCUT2D eigenvalue weighted by Gasteiger charge is -2.21. The molecule has 0 bridgehead atoms. The van der Waals surface area contributed by atoms with Crippen LogP contribution in [0.25, 0.3) is 0 Å². The smallest absolute Gasteiger partial charge is 0.224 e. The molecule has 116 valence electrons. The van der Waals surface area contributed by atoms with Crippen molar-refractivity contribution < 1.29 is 13.9 Å². The average molecular weight is 312 g/mol. The van der Waals surface area contributed by atoms with E-state index in [0.717, 1.165) is 38.2 Å². The Balaban J connectivity index is 1.66. The van der Waals surface area contributed by atoms with Gasteiger partial charge in [-0.3, -0.25) is 4.79 Å². The summed E-state index contributed by atoms with van der Waals surface area (Å²) in [5.74, 6) is 0.304. The van der Waals surface area contributed by atoms with Crippen LogP contribution in [0.2, 0.25) is 0 Å². The van der Waals surface area contributed by atoms with Crippen LogP contribution in [0.15, 0.2) is 18.2 Å². The molecule has 1 aliphatic heterocycles. The zero-order valence-corrected chi connectivity index (χ0v) is 12.8. The molecular formula is C15H21FN2O2S. The Hall–Kier alpha value is -1.27. The van der Waals surface area contributed by atoms with Crippen molar-refractivity contribution in [2.24, 2.45) is 0 Å². The van der Waals surface area contributed by atoms with Crippen LogP contribution in [0, 0.1) is 5.82 Å². The largest absolute Gasteiger partial charge is 0.399 e. The first-order valence-electron chi connectivity index (χ1n) is 7.19. The molecule has 1 amide bonds. The van der Waals surface area contributed by atoms with E-state index in [9.17, 15) is 9.18 Å². The highest BCUT2D eigenvalue weighted by atomic mass is 32.2. The molecule has 1 aromatic carbocycles. The molecule has 0 aliphatic carbocycles. The normalized spacial score (nSPS) is 15.9. The summed E-state index contributed by atoms with van der Waals surface area (Å²) in [5, 5.41) is 3.21. The molecule has 0 saturated carbocycles. The predicted molar refractivity (Wildman–Crippen MR) is 85.0 cm³/mol. The van der Waals surface area contributed by atoms with Gasteiger partial charge in [-0.15, -0.1) is 0 Å². The van der Waals surface area contributed by atoms with Crippen molar-refractivity contribution >= 4 is 29.0 Å². The van der Waals surface area contributed by atoms with Crippen molar-refractivity contribution in [2.75, 3.05) is 30.0 Å². The van der Waals surface area contributed by atoms with Crippen LogP contribution >= 0.6 is 11.8 Å². The second kappa shape index (κ2) is 8.24. The van der Waals surface area contributed by atoms with E-state index in [2.05, 4.69) is 5.32 Å². The van der Waals surface area contributed by atoms with Gasteiger partial charge >= 0.3 is 0 Å². The van der Waals surface area contributed by atoms with Crippen molar-refractivity contribution in [2.45, 2.75) is 30.9 Å². The molecule has 1 aliphatic rings. The molecule has 2 rings (SSSR count). The minimum Gasteiger partial charge on any atom is -0.399 e. The van der Waals surface area contributed by atoms with Crippen LogP contribution < -0.4 is 11.1 Å². The number of nitrogens with two attached hydrogens (primary N) is 1. The first-order chi connectivity index (χ1) is 10.1. The number of nitrogen functional groups attached to an aromatic ring is 1. The summed E-state index contributed by atoms with van der Waals surface area (Å²) in [6.07, 6.45) is 3.36. The van der Waals surface area contributed by atoms with E-state index in [-0.39, 0.29) is 11.6 Å². The number of nitrogens with one attached hydrogen (secondary N) is 1. The van der Waals surface area contributed by atoms with Gasteiger partial charge in [0.15, 0.2) is 0 Å². The van der Waals surface area contributed by atoms with Crippen molar-refractivity contribution in [1.82, 2.24) is 0 Å². The second-order valence-corrected chi connectivity index (χ2v) is 6.48. The van der Waals surface area contributed by atoms with Gasteiger partial charge in [-0.1, -0.05) is 0 Å². The summed E-state index contributed by atoms with van der Waals surface area (Å²) >= 11 is 1.90. The number of carbonyl (C=O) groups is 1. The summed E-state index contributed by atoms with van der Waals surface area (Å²) in [4.78, 5) is 11.8. The third kappa shape index (κ3) is 5.55. The Morgan fingerprint density at radius 3 is 2.95 bits per heavy atom. The lowest BCUT2D eigenvalue weighted by molar-refractivity contribution is -0.116. The van der Waals surface area contributed by atoms with Gasteiger partial charge in [-0.25, -0.2) is 4.39 Å². The zero-order chi connectivity index (χ0) is 15.1. The van der Waals surface area contributed by atoms with Crippen LogP contribution in [-0.2, 0) is 9.53 Å². The minimum absolute atomic E-state index is 0.150. The number of benzene rings is 1. The zero-order valence-electron chi connectivity index (χ0n) is 11.9. The van der Waals surface area contributed by atoms with E-state index in [0.29, 0.717) is 17.4 Å². The van der Waals surface area contributed by atoms with Gasteiger partial charge in [0.05, 0.1) is 5.69 Å². The fourth-order valence-corrected chi connectivity index (χ4v) is 3.35. The lowest BCUT2D eigenvalue weighted by Crippen LogP contribution is -2.18. The molecule has 0 radical (unpaired) electrons. The number of amides is 1. The van der Waals surface area contributed by atoms with Crippen LogP contribution in [-0.4, -0.2) is 30.1 Å². The quantitative estimate of drug-likeness (QED) is 0.626. The number of thioether (sulfide) groups is 1. The fourth-order valence-electron chi connectivity index (χ4n) is 2.18. The van der Waals surface area contributed by atoms with E-state index < -0.39 is 5.82 Å². The highest BCUT2D eigenvalue weighted by Crippen LogP contribution is 2.23. The van der Waals surface area contributed by atoms with E-state index in [4.69, 9.17) is 10.5 Å². The summed E-state index contributed by atoms with van der Waals surface area (Å²) in [6.45, 7) is 1.68. The standard InChI is InChI=1S/C15H21FN2O2S/c16-13-4-3-11(17)10-14(13)18-15(19)2-1-9-21-12-5-7-20-8-6-12/h3-4,10,12H,1-2,5-9,17H2,(H,18,19). The predicted octanol–water partition coefficient (Wildman–Crippen LogP) is 3.04. The number of rotatable bonds is 6. The van der Waals surface area contributed by atoms with Gasteiger partial charge < -0.3 is 15.8 Å². The number of carbonyl (C=O) groups excluding carboxylic acids is 1. The topological polar surface area (TPSA) is 64.3 Å². The van der Waals surface area contributed by atoms with Crippen LogP contribution in [0.1, 0.15) is 25.7 Å². The fraction of sp³-hybridized carbons (Fsp3) is 0.533. The molecular weight excluding hydrogens is 291 g/mol. The summed E-state index contributed by atoms with van der Waals surface area (Å²) in [6, 6.07) is 4.16. The van der Waals surface area contributed by atoms with Gasteiger partial charge in [0.25, 0.3) is 0 Å². The van der Waals surface area contributed by atoms with E-state index >= 15 is 0 Å². The highest BCUT2D eigenvalue weighted by molar-refractivity contribution is 7.99. The summed E-state index contributed by atoms with van der Waals surface area (Å²) in [5.41, 5.74) is 6.16. The highest BCUT2D eigenvalue weighted by Gasteiger charge is 2.14. The van der Waals surface area contributed by atoms with Crippen LogP contribution in [0.3, 0.4) is 0 Å². The molecule has 0 aromatic heterocycles. The van der Waals surface area contributed by atoms with Crippen molar-refractivity contribution in [3.63, 3.8) is 0 Å². The van der Waals surface area contributed by atoms with Gasteiger partial charge in [0.1, 0.15) is 5.82 Å². The third-order valence-corrected chi connectivity index (χ3v) is 4.80.